The van der Waals surface area contributed by atoms with Crippen molar-refractivity contribution in [1.82, 2.24) is 9.80 Å². The summed E-state index contributed by atoms with van der Waals surface area (Å²) >= 11 is 0. The monoisotopic (exact) mass is 364 g/mol. The van der Waals surface area contributed by atoms with Crippen molar-refractivity contribution in [1.29, 1.82) is 0 Å². The van der Waals surface area contributed by atoms with Gasteiger partial charge in [-0.15, -0.1) is 0 Å². The van der Waals surface area contributed by atoms with Gasteiger partial charge in [0.1, 0.15) is 0 Å². The van der Waals surface area contributed by atoms with Gasteiger partial charge in [0.05, 0.1) is 5.92 Å². The first-order valence-corrected chi connectivity index (χ1v) is 10.3. The normalized spacial score (nSPS) is 21.3. The maximum absolute atomic E-state index is 13.4. The molecule has 1 fully saturated rings. The van der Waals surface area contributed by atoms with Crippen LogP contribution in [-0.2, 0) is 4.79 Å². The van der Waals surface area contributed by atoms with E-state index < -0.39 is 0 Å². The molecule has 1 aliphatic carbocycles. The Kier molecular flexibility index (Phi) is 6.68. The SMILES string of the molecule is CCN(CC)CCN(CC)C(=O)C1C(c2ccccc2)C1c1ccccc1. The van der Waals surface area contributed by atoms with Crippen molar-refractivity contribution in [3.63, 3.8) is 0 Å². The largest absolute Gasteiger partial charge is 0.341 e. The van der Waals surface area contributed by atoms with E-state index in [2.05, 4.69) is 79.1 Å². The van der Waals surface area contributed by atoms with Gasteiger partial charge in [-0.1, -0.05) is 74.5 Å². The Morgan fingerprint density at radius 1 is 0.741 bits per heavy atom. The van der Waals surface area contributed by atoms with Crippen LogP contribution in [0.5, 0.6) is 0 Å². The van der Waals surface area contributed by atoms with E-state index in [-0.39, 0.29) is 5.92 Å². The summed E-state index contributed by atoms with van der Waals surface area (Å²) in [6.07, 6.45) is 0. The highest BCUT2D eigenvalue weighted by Gasteiger charge is 2.56. The van der Waals surface area contributed by atoms with Crippen molar-refractivity contribution in [3.05, 3.63) is 71.8 Å². The average Bonchev–Trinajstić information content (AvgIpc) is 3.48. The minimum absolute atomic E-state index is 0.0615. The lowest BCUT2D eigenvalue weighted by Gasteiger charge is -2.25. The van der Waals surface area contributed by atoms with Crippen LogP contribution in [0.3, 0.4) is 0 Å². The molecule has 2 aromatic rings. The second kappa shape index (κ2) is 9.18. The molecule has 27 heavy (non-hydrogen) atoms. The number of nitrogens with zero attached hydrogens (tertiary/aromatic N) is 2. The number of benzene rings is 2. The van der Waals surface area contributed by atoms with Crippen LogP contribution in [0.25, 0.3) is 0 Å². The predicted octanol–water partition coefficient (Wildman–Crippen LogP) is 4.37. The molecule has 144 valence electrons. The highest BCUT2D eigenvalue weighted by molar-refractivity contribution is 5.85. The maximum Gasteiger partial charge on any atom is 0.226 e. The van der Waals surface area contributed by atoms with Crippen molar-refractivity contribution < 1.29 is 4.79 Å². The molecule has 0 aliphatic heterocycles. The molecule has 3 heteroatoms. The van der Waals surface area contributed by atoms with Crippen molar-refractivity contribution in [2.24, 2.45) is 5.92 Å². The lowest BCUT2D eigenvalue weighted by Crippen LogP contribution is -2.39. The third kappa shape index (κ3) is 4.41. The van der Waals surface area contributed by atoms with E-state index in [1.54, 1.807) is 0 Å². The molecule has 1 saturated carbocycles. The molecule has 2 atom stereocenters. The Bertz CT molecular complexity index is 666. The number of hydrogen-bond acceptors (Lipinski definition) is 2. The Hall–Kier alpha value is -2.13. The number of amides is 1. The average molecular weight is 365 g/mol. The van der Waals surface area contributed by atoms with E-state index >= 15 is 0 Å². The summed E-state index contributed by atoms with van der Waals surface area (Å²) in [5.74, 6) is 0.964. The first-order chi connectivity index (χ1) is 13.2. The van der Waals surface area contributed by atoms with Gasteiger partial charge in [-0.05, 0) is 31.1 Å². The summed E-state index contributed by atoms with van der Waals surface area (Å²) < 4.78 is 0. The number of rotatable bonds is 9. The molecule has 2 unspecified atom stereocenters. The van der Waals surface area contributed by atoms with Gasteiger partial charge in [0, 0.05) is 31.5 Å². The highest BCUT2D eigenvalue weighted by atomic mass is 16.2. The van der Waals surface area contributed by atoms with Gasteiger partial charge in [-0.2, -0.15) is 0 Å². The van der Waals surface area contributed by atoms with Gasteiger partial charge in [-0.3, -0.25) is 4.79 Å². The summed E-state index contributed by atoms with van der Waals surface area (Å²) in [4.78, 5) is 17.8. The lowest BCUT2D eigenvalue weighted by atomic mass is 10.0. The molecule has 3 nitrogen and oxygen atoms in total. The zero-order chi connectivity index (χ0) is 19.2. The van der Waals surface area contributed by atoms with E-state index in [9.17, 15) is 4.79 Å². The number of carbonyl (C=O) groups is 1. The van der Waals surface area contributed by atoms with Crippen LogP contribution in [0.4, 0.5) is 0 Å². The van der Waals surface area contributed by atoms with Crippen LogP contribution >= 0.6 is 0 Å². The molecule has 1 aliphatic rings. The van der Waals surface area contributed by atoms with Crippen LogP contribution in [0, 0.1) is 5.92 Å². The van der Waals surface area contributed by atoms with E-state index in [0.717, 1.165) is 32.7 Å². The molecule has 0 N–H and O–H groups in total. The zero-order valence-corrected chi connectivity index (χ0v) is 16.8. The Morgan fingerprint density at radius 2 is 1.22 bits per heavy atom. The Labute approximate surface area is 164 Å². The third-order valence-electron chi connectivity index (χ3n) is 5.95. The van der Waals surface area contributed by atoms with Gasteiger partial charge in [0.25, 0.3) is 0 Å². The predicted molar refractivity (Wildman–Crippen MR) is 112 cm³/mol. The van der Waals surface area contributed by atoms with Gasteiger partial charge in [0.15, 0.2) is 0 Å². The quantitative estimate of drug-likeness (QED) is 0.659. The minimum Gasteiger partial charge on any atom is -0.341 e. The number of likely N-dealkylation sites (N-methyl/N-ethyl adjacent to an activating group) is 2. The molecule has 0 radical (unpaired) electrons. The molecule has 2 aromatic carbocycles. The molecule has 0 saturated heterocycles. The standard InChI is InChI=1S/C24H32N2O/c1-4-25(5-2)17-18-26(6-3)24(27)23-21(19-13-9-7-10-14-19)22(23)20-15-11-8-12-16-20/h7-16,21-23H,4-6,17-18H2,1-3H3. The molecule has 3 rings (SSSR count). The van der Waals surface area contributed by atoms with E-state index in [1.165, 1.54) is 11.1 Å². The first kappa shape index (κ1) is 19.6. The van der Waals surface area contributed by atoms with Crippen molar-refractivity contribution >= 4 is 5.91 Å². The third-order valence-corrected chi connectivity index (χ3v) is 5.95. The zero-order valence-electron chi connectivity index (χ0n) is 16.8. The highest BCUT2D eigenvalue weighted by Crippen LogP contribution is 2.61. The fourth-order valence-electron chi connectivity index (χ4n) is 4.24. The molecule has 0 aromatic heterocycles. The van der Waals surface area contributed by atoms with Crippen molar-refractivity contribution in [2.45, 2.75) is 32.6 Å². The van der Waals surface area contributed by atoms with Gasteiger partial charge >= 0.3 is 0 Å². The smallest absolute Gasteiger partial charge is 0.226 e. The summed E-state index contributed by atoms with van der Waals surface area (Å²) in [6, 6.07) is 21.1. The number of carbonyl (C=O) groups excluding carboxylic acids is 1. The fourth-order valence-corrected chi connectivity index (χ4v) is 4.24. The molecule has 0 spiro atoms. The Balaban J connectivity index is 1.78. The lowest BCUT2D eigenvalue weighted by molar-refractivity contribution is -0.132. The first-order valence-electron chi connectivity index (χ1n) is 10.3. The second-order valence-electron chi connectivity index (χ2n) is 7.34. The molecule has 1 amide bonds. The Morgan fingerprint density at radius 3 is 1.63 bits per heavy atom. The summed E-state index contributed by atoms with van der Waals surface area (Å²) in [6.45, 7) is 11.1. The second-order valence-corrected chi connectivity index (χ2v) is 7.34. The van der Waals surface area contributed by atoms with E-state index in [1.807, 2.05) is 12.1 Å². The van der Waals surface area contributed by atoms with Crippen molar-refractivity contribution in [2.75, 3.05) is 32.7 Å². The van der Waals surface area contributed by atoms with Crippen LogP contribution < -0.4 is 0 Å². The minimum atomic E-state index is 0.0615. The summed E-state index contributed by atoms with van der Waals surface area (Å²) in [7, 11) is 0. The van der Waals surface area contributed by atoms with Gasteiger partial charge in [0.2, 0.25) is 5.91 Å². The molecule has 0 bridgehead atoms. The van der Waals surface area contributed by atoms with Crippen LogP contribution in [0.15, 0.2) is 60.7 Å². The molecular formula is C24H32N2O. The van der Waals surface area contributed by atoms with Crippen LogP contribution in [0.1, 0.15) is 43.7 Å². The maximum atomic E-state index is 13.4. The fraction of sp³-hybridized carbons (Fsp3) is 0.458. The van der Waals surface area contributed by atoms with E-state index in [4.69, 9.17) is 0 Å². The topological polar surface area (TPSA) is 23.6 Å². The summed E-state index contributed by atoms with van der Waals surface area (Å²) in [5.41, 5.74) is 2.56. The van der Waals surface area contributed by atoms with Gasteiger partial charge in [-0.25, -0.2) is 0 Å². The number of hydrogen-bond donors (Lipinski definition) is 0. The van der Waals surface area contributed by atoms with E-state index in [0.29, 0.717) is 17.7 Å². The van der Waals surface area contributed by atoms with Gasteiger partial charge < -0.3 is 9.80 Å². The van der Waals surface area contributed by atoms with Crippen LogP contribution in [0.2, 0.25) is 0 Å². The molecule has 0 heterocycles. The van der Waals surface area contributed by atoms with Crippen LogP contribution in [-0.4, -0.2) is 48.4 Å². The summed E-state index contributed by atoms with van der Waals surface area (Å²) in [5, 5.41) is 0. The van der Waals surface area contributed by atoms with Crippen molar-refractivity contribution in [3.8, 4) is 0 Å². The molecular weight excluding hydrogens is 332 g/mol.